The van der Waals surface area contributed by atoms with Crippen molar-refractivity contribution in [1.29, 1.82) is 0 Å². The van der Waals surface area contributed by atoms with Gasteiger partial charge >= 0.3 is 7.12 Å². The van der Waals surface area contributed by atoms with E-state index in [-0.39, 0.29) is 0 Å². The Morgan fingerprint density at radius 2 is 2.06 bits per heavy atom. The number of rotatable bonds is 6. The minimum atomic E-state index is -1.51. The molecular weight excluding hydrogens is 431 g/mol. The molecule has 1 aromatic carbocycles. The molecule has 1 aliphatic rings. The fraction of sp³-hybridized carbons (Fsp3) is 0.208. The van der Waals surface area contributed by atoms with Gasteiger partial charge in [-0.1, -0.05) is 30.3 Å². The second kappa shape index (κ2) is 8.90. The van der Waals surface area contributed by atoms with E-state index in [4.69, 9.17) is 15.7 Å². The van der Waals surface area contributed by atoms with Crippen LogP contribution in [-0.4, -0.2) is 44.0 Å². The van der Waals surface area contributed by atoms with Crippen LogP contribution in [0.3, 0.4) is 0 Å². The largest absolute Gasteiger partial charge is 0.488 e. The number of fused-ring (bicyclic) bond motifs is 2. The number of nitrogens with one attached hydrogen (secondary N) is 2. The van der Waals surface area contributed by atoms with Crippen LogP contribution in [0.4, 0.5) is 5.82 Å². The SMILES string of the molecule is Cc1cn2c(C(N)=O)cccc2c1-c1nc2c(c(NCc3cccc(B(O)O)c3)n1)CNCC2. The number of nitrogens with zero attached hydrogens (tertiary/aromatic N) is 3. The predicted molar refractivity (Wildman–Crippen MR) is 131 cm³/mol. The molecule has 4 aromatic rings. The third-order valence-corrected chi connectivity index (χ3v) is 6.12. The zero-order valence-electron chi connectivity index (χ0n) is 18.7. The van der Waals surface area contributed by atoms with Crippen LogP contribution in [0, 0.1) is 6.92 Å². The smallest absolute Gasteiger partial charge is 0.423 e. The van der Waals surface area contributed by atoms with Crippen molar-refractivity contribution in [3.63, 3.8) is 0 Å². The van der Waals surface area contributed by atoms with Crippen molar-refractivity contribution < 1.29 is 14.8 Å². The summed E-state index contributed by atoms with van der Waals surface area (Å²) in [5.74, 6) is 0.818. The molecule has 172 valence electrons. The Morgan fingerprint density at radius 1 is 1.24 bits per heavy atom. The number of primary amides is 1. The Kier molecular flexibility index (Phi) is 5.78. The van der Waals surface area contributed by atoms with Crippen molar-refractivity contribution in [3.05, 3.63) is 76.7 Å². The summed E-state index contributed by atoms with van der Waals surface area (Å²) in [4.78, 5) is 21.7. The van der Waals surface area contributed by atoms with Gasteiger partial charge in [-0.3, -0.25) is 4.79 Å². The number of amides is 1. The molecule has 10 heteroatoms. The molecule has 0 bridgehead atoms. The first kappa shape index (κ1) is 22.1. The molecule has 0 atom stereocenters. The first-order chi connectivity index (χ1) is 16.4. The molecule has 0 fully saturated rings. The number of anilines is 1. The van der Waals surface area contributed by atoms with Gasteiger partial charge in [-0.05, 0) is 35.6 Å². The van der Waals surface area contributed by atoms with Gasteiger partial charge < -0.3 is 30.8 Å². The topological polar surface area (TPSA) is 138 Å². The second-order valence-corrected chi connectivity index (χ2v) is 8.44. The Hall–Kier alpha value is -3.73. The summed E-state index contributed by atoms with van der Waals surface area (Å²) in [5, 5.41) is 25.7. The number of carbonyl (C=O) groups is 1. The zero-order valence-corrected chi connectivity index (χ0v) is 18.7. The maximum absolute atomic E-state index is 11.9. The third kappa shape index (κ3) is 4.03. The predicted octanol–water partition coefficient (Wildman–Crippen LogP) is 0.741. The normalized spacial score (nSPS) is 13.0. The van der Waals surface area contributed by atoms with Gasteiger partial charge in [0.05, 0.1) is 11.2 Å². The van der Waals surface area contributed by atoms with Gasteiger partial charge in [0.1, 0.15) is 11.5 Å². The van der Waals surface area contributed by atoms with Gasteiger partial charge in [0.2, 0.25) is 0 Å². The molecule has 5 rings (SSSR count). The standard InChI is InChI=1S/C24H25BN6O3/c1-14-13-31-19(6-3-7-20(31)22(26)32)21(14)24-29-18-8-9-27-12-17(18)23(30-24)28-11-15-4-2-5-16(10-15)25(33)34/h2-7,10,13,27,33-34H,8-9,11-12H2,1H3,(H2,26,32)(H,28,29,30). The van der Waals surface area contributed by atoms with Gasteiger partial charge in [0.15, 0.2) is 5.82 Å². The van der Waals surface area contributed by atoms with Crippen LogP contribution in [-0.2, 0) is 19.5 Å². The lowest BCUT2D eigenvalue weighted by Gasteiger charge is -2.21. The van der Waals surface area contributed by atoms with Gasteiger partial charge in [0.25, 0.3) is 5.91 Å². The molecule has 3 aromatic heterocycles. The highest BCUT2D eigenvalue weighted by atomic mass is 16.4. The highest BCUT2D eigenvalue weighted by Crippen LogP contribution is 2.31. The molecule has 0 saturated carbocycles. The lowest BCUT2D eigenvalue weighted by atomic mass is 9.79. The highest BCUT2D eigenvalue weighted by molar-refractivity contribution is 6.58. The molecule has 0 aliphatic carbocycles. The Morgan fingerprint density at radius 3 is 2.85 bits per heavy atom. The van der Waals surface area contributed by atoms with Crippen molar-refractivity contribution in [2.24, 2.45) is 5.73 Å². The number of aryl methyl sites for hydroxylation is 1. The van der Waals surface area contributed by atoms with Crippen molar-refractivity contribution in [2.45, 2.75) is 26.4 Å². The van der Waals surface area contributed by atoms with E-state index in [1.807, 2.05) is 31.3 Å². The van der Waals surface area contributed by atoms with E-state index in [9.17, 15) is 14.8 Å². The first-order valence-corrected chi connectivity index (χ1v) is 11.1. The molecule has 34 heavy (non-hydrogen) atoms. The summed E-state index contributed by atoms with van der Waals surface area (Å²) >= 11 is 0. The average molecular weight is 456 g/mol. The second-order valence-electron chi connectivity index (χ2n) is 8.44. The number of hydrogen-bond acceptors (Lipinski definition) is 7. The summed E-state index contributed by atoms with van der Waals surface area (Å²) in [6.07, 6.45) is 2.66. The van der Waals surface area contributed by atoms with Gasteiger partial charge in [-0.25, -0.2) is 9.97 Å². The molecule has 1 aliphatic heterocycles. The van der Waals surface area contributed by atoms with Crippen molar-refractivity contribution >= 4 is 29.8 Å². The maximum atomic E-state index is 11.9. The van der Waals surface area contributed by atoms with Crippen LogP contribution in [0.15, 0.2) is 48.7 Å². The molecule has 0 radical (unpaired) electrons. The first-order valence-electron chi connectivity index (χ1n) is 11.1. The minimum absolute atomic E-state index is 0.401. The third-order valence-electron chi connectivity index (χ3n) is 6.12. The summed E-state index contributed by atoms with van der Waals surface area (Å²) in [5.41, 5.74) is 11.9. The Balaban J connectivity index is 1.57. The number of benzene rings is 1. The van der Waals surface area contributed by atoms with E-state index in [1.165, 1.54) is 0 Å². The fourth-order valence-corrected chi connectivity index (χ4v) is 4.47. The molecule has 9 nitrogen and oxygen atoms in total. The molecule has 0 saturated heterocycles. The monoisotopic (exact) mass is 456 g/mol. The average Bonchev–Trinajstić information content (AvgIpc) is 3.18. The van der Waals surface area contributed by atoms with Crippen molar-refractivity contribution in [2.75, 3.05) is 11.9 Å². The summed E-state index contributed by atoms with van der Waals surface area (Å²) in [6.45, 7) is 3.93. The van der Waals surface area contributed by atoms with E-state index in [1.54, 1.807) is 28.7 Å². The number of carbonyl (C=O) groups excluding carboxylic acids is 1. The van der Waals surface area contributed by atoms with Crippen LogP contribution in [0.2, 0.25) is 0 Å². The number of hydrogen-bond donors (Lipinski definition) is 5. The van der Waals surface area contributed by atoms with Crippen molar-refractivity contribution in [3.8, 4) is 11.4 Å². The van der Waals surface area contributed by atoms with Gasteiger partial charge in [0, 0.05) is 43.4 Å². The lowest BCUT2D eigenvalue weighted by Crippen LogP contribution is -2.30. The summed E-state index contributed by atoms with van der Waals surface area (Å²) in [6, 6.07) is 12.6. The van der Waals surface area contributed by atoms with Crippen LogP contribution in [0.5, 0.6) is 0 Å². The quantitative estimate of drug-likeness (QED) is 0.270. The van der Waals surface area contributed by atoms with Gasteiger partial charge in [-0.15, -0.1) is 0 Å². The van der Waals surface area contributed by atoms with Crippen LogP contribution in [0.1, 0.15) is 32.9 Å². The molecule has 1 amide bonds. The van der Waals surface area contributed by atoms with Crippen LogP contribution >= 0.6 is 0 Å². The van der Waals surface area contributed by atoms with E-state index >= 15 is 0 Å². The van der Waals surface area contributed by atoms with Crippen molar-refractivity contribution in [1.82, 2.24) is 19.7 Å². The van der Waals surface area contributed by atoms with E-state index in [0.29, 0.717) is 30.1 Å². The van der Waals surface area contributed by atoms with Crippen LogP contribution in [0.25, 0.3) is 16.9 Å². The highest BCUT2D eigenvalue weighted by Gasteiger charge is 2.22. The molecule has 0 unspecified atom stereocenters. The summed E-state index contributed by atoms with van der Waals surface area (Å²) in [7, 11) is -1.51. The number of aromatic nitrogens is 3. The molecular formula is C24H25BN6O3. The van der Waals surface area contributed by atoms with E-state index < -0.39 is 13.0 Å². The number of nitrogens with two attached hydrogens (primary N) is 1. The Labute approximate surface area is 196 Å². The zero-order chi connectivity index (χ0) is 23.8. The minimum Gasteiger partial charge on any atom is -0.423 e. The van der Waals surface area contributed by atoms with Gasteiger partial charge in [-0.2, -0.15) is 0 Å². The van der Waals surface area contributed by atoms with E-state index in [0.717, 1.165) is 52.2 Å². The molecule has 6 N–H and O–H groups in total. The number of pyridine rings is 1. The van der Waals surface area contributed by atoms with Crippen LogP contribution < -0.4 is 21.8 Å². The molecule has 0 spiro atoms. The lowest BCUT2D eigenvalue weighted by molar-refractivity contribution is 0.0994. The van der Waals surface area contributed by atoms with E-state index in [2.05, 4.69) is 10.6 Å². The molecule has 4 heterocycles. The Bertz CT molecular complexity index is 1400. The maximum Gasteiger partial charge on any atom is 0.488 e. The fourth-order valence-electron chi connectivity index (χ4n) is 4.47. The summed E-state index contributed by atoms with van der Waals surface area (Å²) < 4.78 is 1.79.